The number of aliphatic imine (C=N–C) groups is 3. The van der Waals surface area contributed by atoms with E-state index in [1.165, 1.54) is 17.5 Å². The standard InChI is InChI=1S/C10H18N5O13P3/c11-10-12-1-4-8(14-10)15(3-13-4)9-7(17)6(16)5(26-9)2-25-30(21,22)28-31(23,24)27-29(18,19)20/h1,3-9,16-17H,2H2,(H2,11,14)(H,21,22)(H,23,24)(H2,18,19,20)/t4?,5-,6?,7+,8?,9-/m1/s1. The number of nitrogens with zero attached hydrogens (tertiary/aromatic N) is 4. The van der Waals surface area contributed by atoms with Crippen molar-refractivity contribution in [2.75, 3.05) is 6.61 Å². The molecule has 3 aliphatic rings. The molecule has 0 bridgehead atoms. The van der Waals surface area contributed by atoms with Crippen LogP contribution in [0.5, 0.6) is 0 Å². The first kappa shape index (κ1) is 24.5. The summed E-state index contributed by atoms with van der Waals surface area (Å²) in [6.07, 6.45) is -3.88. The molecule has 0 spiro atoms. The van der Waals surface area contributed by atoms with Crippen LogP contribution in [0, 0.1) is 0 Å². The van der Waals surface area contributed by atoms with Gasteiger partial charge in [-0.3, -0.25) is 9.52 Å². The Balaban J connectivity index is 1.61. The first-order valence-corrected chi connectivity index (χ1v) is 12.7. The van der Waals surface area contributed by atoms with Crippen LogP contribution in [0.3, 0.4) is 0 Å². The second kappa shape index (κ2) is 8.68. The van der Waals surface area contributed by atoms with Crippen molar-refractivity contribution in [1.29, 1.82) is 0 Å². The maximum Gasteiger partial charge on any atom is 0.490 e. The first-order chi connectivity index (χ1) is 14.2. The van der Waals surface area contributed by atoms with E-state index in [1.54, 1.807) is 0 Å². The lowest BCUT2D eigenvalue weighted by Gasteiger charge is -2.31. The van der Waals surface area contributed by atoms with Gasteiger partial charge < -0.3 is 45.2 Å². The number of nitrogens with two attached hydrogens (primary N) is 1. The number of guanidine groups is 1. The van der Waals surface area contributed by atoms with E-state index >= 15 is 0 Å². The summed E-state index contributed by atoms with van der Waals surface area (Å²) in [5.41, 5.74) is 5.55. The molecule has 0 saturated carbocycles. The third-order valence-corrected chi connectivity index (χ3v) is 7.86. The molecule has 0 aromatic carbocycles. The molecular formula is C10H18N5O13P3. The zero-order chi connectivity index (χ0) is 23.2. The predicted octanol–water partition coefficient (Wildman–Crippen LogP) is -2.79. The van der Waals surface area contributed by atoms with Crippen molar-refractivity contribution in [3.63, 3.8) is 0 Å². The summed E-state index contributed by atoms with van der Waals surface area (Å²) in [5, 5.41) is 20.4. The number of phosphoric ester groups is 1. The quantitative estimate of drug-likeness (QED) is 0.163. The molecule has 8 N–H and O–H groups in total. The highest BCUT2D eigenvalue weighted by molar-refractivity contribution is 7.66. The number of rotatable bonds is 8. The third kappa shape index (κ3) is 6.03. The molecule has 3 heterocycles. The van der Waals surface area contributed by atoms with Crippen molar-refractivity contribution in [2.24, 2.45) is 20.7 Å². The van der Waals surface area contributed by atoms with E-state index in [0.717, 1.165) is 0 Å². The predicted molar refractivity (Wildman–Crippen MR) is 98.5 cm³/mol. The lowest BCUT2D eigenvalue weighted by molar-refractivity contribution is -0.0770. The Bertz CT molecular complexity index is 937. The molecule has 0 aliphatic carbocycles. The SMILES string of the molecule is NC1=NC2C(C=N1)N=CN2[C@@H]1O[C@H](COP(=O)(O)OP(=O)(O)OP(=O)(O)O)C(O)[C@@H]1O. The fourth-order valence-electron chi connectivity index (χ4n) is 2.86. The van der Waals surface area contributed by atoms with Gasteiger partial charge in [-0.2, -0.15) is 8.62 Å². The summed E-state index contributed by atoms with van der Waals surface area (Å²) in [7, 11) is -16.7. The van der Waals surface area contributed by atoms with Crippen molar-refractivity contribution in [1.82, 2.24) is 4.90 Å². The summed E-state index contributed by atoms with van der Waals surface area (Å²) in [5.74, 6) is -0.0472. The van der Waals surface area contributed by atoms with Crippen LogP contribution in [0.1, 0.15) is 0 Å². The van der Waals surface area contributed by atoms with Gasteiger partial charge in [-0.25, -0.2) is 23.7 Å². The number of fused-ring (bicyclic) bond motifs is 1. The van der Waals surface area contributed by atoms with Gasteiger partial charge in [-0.05, 0) is 0 Å². The Morgan fingerprint density at radius 2 is 1.77 bits per heavy atom. The number of aliphatic hydroxyl groups excluding tert-OH is 2. The van der Waals surface area contributed by atoms with E-state index in [-0.39, 0.29) is 5.96 Å². The van der Waals surface area contributed by atoms with Gasteiger partial charge in [0, 0.05) is 6.21 Å². The highest BCUT2D eigenvalue weighted by atomic mass is 31.3. The molecule has 5 unspecified atom stereocenters. The minimum atomic E-state index is -5.69. The summed E-state index contributed by atoms with van der Waals surface area (Å²) < 4.78 is 50.7. The van der Waals surface area contributed by atoms with E-state index in [0.29, 0.717) is 0 Å². The molecule has 3 rings (SSSR count). The van der Waals surface area contributed by atoms with Gasteiger partial charge in [0.05, 0.1) is 12.9 Å². The van der Waals surface area contributed by atoms with Gasteiger partial charge in [0.2, 0.25) is 5.96 Å². The monoisotopic (exact) mass is 509 g/mol. The Morgan fingerprint density at radius 3 is 2.42 bits per heavy atom. The van der Waals surface area contributed by atoms with Gasteiger partial charge in [0.25, 0.3) is 0 Å². The van der Waals surface area contributed by atoms with Crippen LogP contribution in [0.25, 0.3) is 0 Å². The molecule has 8 atom stereocenters. The topological polar surface area (TPSA) is 276 Å². The van der Waals surface area contributed by atoms with E-state index in [2.05, 4.69) is 28.1 Å². The average molecular weight is 509 g/mol. The molecule has 1 fully saturated rings. The van der Waals surface area contributed by atoms with Gasteiger partial charge in [-0.1, -0.05) is 0 Å². The minimum Gasteiger partial charge on any atom is -0.387 e. The molecular weight excluding hydrogens is 491 g/mol. The van der Waals surface area contributed by atoms with E-state index in [1.807, 2.05) is 0 Å². The molecule has 18 nitrogen and oxygen atoms in total. The van der Waals surface area contributed by atoms with Crippen molar-refractivity contribution >= 4 is 42.0 Å². The second-order valence-corrected chi connectivity index (χ2v) is 10.7. The van der Waals surface area contributed by atoms with Gasteiger partial charge in [-0.15, -0.1) is 0 Å². The number of phosphoric acid groups is 3. The van der Waals surface area contributed by atoms with Crippen molar-refractivity contribution in [3.8, 4) is 0 Å². The summed E-state index contributed by atoms with van der Waals surface area (Å²) in [4.78, 5) is 48.9. The van der Waals surface area contributed by atoms with Gasteiger partial charge in [0.1, 0.15) is 24.4 Å². The Kier molecular flexibility index (Phi) is 6.87. The molecule has 0 amide bonds. The van der Waals surface area contributed by atoms with Crippen LogP contribution >= 0.6 is 23.5 Å². The number of aliphatic hydroxyl groups is 2. The van der Waals surface area contributed by atoms with E-state index < -0.39 is 66.8 Å². The zero-order valence-corrected chi connectivity index (χ0v) is 17.8. The van der Waals surface area contributed by atoms with Crippen LogP contribution in [0.2, 0.25) is 0 Å². The summed E-state index contributed by atoms with van der Waals surface area (Å²) in [6.45, 7) is -0.940. The minimum absolute atomic E-state index is 0.0472. The number of ether oxygens (including phenoxy) is 1. The van der Waals surface area contributed by atoms with Crippen LogP contribution in [0.15, 0.2) is 15.0 Å². The Labute approximate surface area is 173 Å². The van der Waals surface area contributed by atoms with Gasteiger partial charge in [0.15, 0.2) is 12.4 Å². The van der Waals surface area contributed by atoms with Crippen molar-refractivity contribution in [3.05, 3.63) is 0 Å². The van der Waals surface area contributed by atoms with Crippen molar-refractivity contribution < 1.29 is 61.4 Å². The zero-order valence-electron chi connectivity index (χ0n) is 15.1. The largest absolute Gasteiger partial charge is 0.490 e. The summed E-state index contributed by atoms with van der Waals surface area (Å²) >= 11 is 0. The van der Waals surface area contributed by atoms with E-state index in [4.69, 9.17) is 25.2 Å². The highest BCUT2D eigenvalue weighted by Gasteiger charge is 2.50. The molecule has 0 radical (unpaired) electrons. The fraction of sp³-hybridized carbons (Fsp3) is 0.700. The molecule has 31 heavy (non-hydrogen) atoms. The lowest BCUT2D eigenvalue weighted by atomic mass is 10.1. The van der Waals surface area contributed by atoms with Crippen LogP contribution in [-0.2, 0) is 31.6 Å². The molecule has 21 heteroatoms. The lowest BCUT2D eigenvalue weighted by Crippen LogP contribution is -2.49. The van der Waals surface area contributed by atoms with E-state index in [9.17, 15) is 28.8 Å². The molecule has 0 aromatic rings. The number of hydrogen-bond acceptors (Lipinski definition) is 14. The molecule has 1 saturated heterocycles. The molecule has 176 valence electrons. The third-order valence-electron chi connectivity index (χ3n) is 4.06. The van der Waals surface area contributed by atoms with Crippen LogP contribution in [0.4, 0.5) is 0 Å². The Morgan fingerprint density at radius 1 is 1.10 bits per heavy atom. The Hall–Kier alpha value is -1.10. The van der Waals surface area contributed by atoms with Crippen molar-refractivity contribution in [2.45, 2.75) is 36.7 Å². The normalized spacial score (nSPS) is 36.7. The van der Waals surface area contributed by atoms with Crippen LogP contribution in [-0.4, -0.2) is 96.6 Å². The molecule has 0 aromatic heterocycles. The average Bonchev–Trinajstić information content (AvgIpc) is 3.11. The second-order valence-electron chi connectivity index (χ2n) is 6.31. The smallest absolute Gasteiger partial charge is 0.387 e. The van der Waals surface area contributed by atoms with Crippen LogP contribution < -0.4 is 5.73 Å². The molecule has 3 aliphatic heterocycles. The summed E-state index contributed by atoms with van der Waals surface area (Å²) in [6, 6.07) is -0.519. The highest BCUT2D eigenvalue weighted by Crippen LogP contribution is 2.66. The fourth-order valence-corrected chi connectivity index (χ4v) is 5.89. The maximum absolute atomic E-state index is 11.8. The maximum atomic E-state index is 11.8. The van der Waals surface area contributed by atoms with Gasteiger partial charge >= 0.3 is 23.5 Å². The number of hydrogen-bond donors (Lipinski definition) is 7. The first-order valence-electron chi connectivity index (χ1n) is 8.16.